The first-order valence-corrected chi connectivity index (χ1v) is 10.4. The lowest BCUT2D eigenvalue weighted by Crippen LogP contribution is -2.46. The Kier molecular flexibility index (Phi) is 5.05. The van der Waals surface area contributed by atoms with Crippen LogP contribution in [0.1, 0.15) is 18.4 Å². The normalized spacial score (nSPS) is 15.9. The van der Waals surface area contributed by atoms with Gasteiger partial charge in [-0.15, -0.1) is 0 Å². The zero-order chi connectivity index (χ0) is 22.3. The minimum absolute atomic E-state index is 0.136. The van der Waals surface area contributed by atoms with Gasteiger partial charge in [0, 0.05) is 50.6 Å². The Morgan fingerprint density at radius 1 is 1.06 bits per heavy atom. The van der Waals surface area contributed by atoms with Crippen molar-refractivity contribution in [2.24, 2.45) is 7.05 Å². The highest BCUT2D eigenvalue weighted by atomic mass is 19.1. The van der Waals surface area contributed by atoms with Crippen molar-refractivity contribution in [1.29, 1.82) is 0 Å². The van der Waals surface area contributed by atoms with Gasteiger partial charge in [-0.1, -0.05) is 6.07 Å². The number of rotatable bonds is 4. The Hall–Kier alpha value is -3.46. The molecule has 0 saturated carbocycles. The molecule has 1 aliphatic heterocycles. The molecule has 1 N–H and O–H groups in total. The van der Waals surface area contributed by atoms with E-state index in [0.717, 1.165) is 17.1 Å². The Morgan fingerprint density at radius 2 is 1.88 bits per heavy atom. The molecule has 0 unspecified atom stereocenters. The molecule has 3 aromatic heterocycles. The van der Waals surface area contributed by atoms with Crippen LogP contribution in [0.25, 0.3) is 22.3 Å². The molecule has 0 aliphatic carbocycles. The molecule has 4 heterocycles. The summed E-state index contributed by atoms with van der Waals surface area (Å²) >= 11 is 0. The first-order valence-electron chi connectivity index (χ1n) is 10.4. The highest BCUT2D eigenvalue weighted by Gasteiger charge is 2.34. The molecule has 4 aromatic rings. The Bertz CT molecular complexity index is 1280. The molecule has 0 spiro atoms. The summed E-state index contributed by atoms with van der Waals surface area (Å²) in [6, 6.07) is 5.29. The van der Waals surface area contributed by atoms with Crippen molar-refractivity contribution in [2.45, 2.75) is 24.9 Å². The summed E-state index contributed by atoms with van der Waals surface area (Å²) in [5.74, 6) is -0.540. The maximum absolute atomic E-state index is 14.1. The fourth-order valence-electron chi connectivity index (χ4n) is 4.19. The monoisotopic (exact) mass is 436 g/mol. The molecule has 1 fully saturated rings. The van der Waals surface area contributed by atoms with Crippen molar-refractivity contribution in [3.8, 4) is 11.3 Å². The first kappa shape index (κ1) is 20.4. The zero-order valence-corrected chi connectivity index (χ0v) is 17.5. The summed E-state index contributed by atoms with van der Waals surface area (Å²) in [6.07, 6.45) is 7.96. The number of hydrogen-bond acceptors (Lipinski definition) is 6. The lowest BCUT2D eigenvalue weighted by atomic mass is 9.85. The number of halogens is 2. The summed E-state index contributed by atoms with van der Waals surface area (Å²) in [6.45, 7) is 1.05. The third-order valence-electron chi connectivity index (χ3n) is 5.95. The standard InChI is InChI=1S/C23H22F2N6O/c1-30-14-16(12-27-30)21-22(29-19-4-7-26-13-20(19)28-21)31-8-5-23(32,6-9-31)11-15-2-3-17(24)10-18(15)25/h2-4,7,10,12-14,32H,5-6,8-9,11H2,1H3. The van der Waals surface area contributed by atoms with Crippen LogP contribution in [0.15, 0.2) is 49.1 Å². The third-order valence-corrected chi connectivity index (χ3v) is 5.95. The topological polar surface area (TPSA) is 80.0 Å². The van der Waals surface area contributed by atoms with Crippen molar-refractivity contribution in [2.75, 3.05) is 18.0 Å². The number of fused-ring (bicyclic) bond motifs is 1. The Morgan fingerprint density at radius 3 is 2.59 bits per heavy atom. The van der Waals surface area contributed by atoms with Crippen LogP contribution in [-0.4, -0.2) is 48.5 Å². The fraction of sp³-hybridized carbons (Fsp3) is 0.304. The summed E-state index contributed by atoms with van der Waals surface area (Å²) in [4.78, 5) is 15.9. The van der Waals surface area contributed by atoms with Crippen LogP contribution in [0.4, 0.5) is 14.6 Å². The lowest BCUT2D eigenvalue weighted by Gasteiger charge is -2.39. The maximum atomic E-state index is 14.1. The molecule has 1 aromatic carbocycles. The molecule has 0 bridgehead atoms. The van der Waals surface area contributed by atoms with E-state index in [2.05, 4.69) is 15.0 Å². The van der Waals surface area contributed by atoms with Crippen molar-refractivity contribution < 1.29 is 13.9 Å². The minimum atomic E-state index is -1.07. The van der Waals surface area contributed by atoms with Crippen molar-refractivity contribution in [1.82, 2.24) is 24.7 Å². The predicted molar refractivity (Wildman–Crippen MR) is 116 cm³/mol. The molecule has 0 radical (unpaired) electrons. The molecule has 9 heteroatoms. The molecule has 7 nitrogen and oxygen atoms in total. The molecule has 1 saturated heterocycles. The average molecular weight is 436 g/mol. The van der Waals surface area contributed by atoms with E-state index in [4.69, 9.17) is 9.97 Å². The molecular formula is C23H22F2N6O. The van der Waals surface area contributed by atoms with Crippen LogP contribution in [0.3, 0.4) is 0 Å². The summed E-state index contributed by atoms with van der Waals surface area (Å²) < 4.78 is 29.0. The van der Waals surface area contributed by atoms with Gasteiger partial charge in [-0.3, -0.25) is 9.67 Å². The second kappa shape index (κ2) is 7.90. The van der Waals surface area contributed by atoms with Crippen LogP contribution >= 0.6 is 0 Å². The number of aromatic nitrogens is 5. The predicted octanol–water partition coefficient (Wildman–Crippen LogP) is 3.28. The number of pyridine rings is 1. The van der Waals surface area contributed by atoms with Crippen molar-refractivity contribution in [3.05, 3.63) is 66.3 Å². The van der Waals surface area contributed by atoms with E-state index < -0.39 is 17.2 Å². The molecular weight excluding hydrogens is 414 g/mol. The quantitative estimate of drug-likeness (QED) is 0.529. The molecule has 164 valence electrons. The van der Waals surface area contributed by atoms with Gasteiger partial charge in [0.2, 0.25) is 0 Å². The first-order chi connectivity index (χ1) is 15.4. The van der Waals surface area contributed by atoms with Gasteiger partial charge in [-0.2, -0.15) is 5.10 Å². The number of benzene rings is 1. The minimum Gasteiger partial charge on any atom is -0.389 e. The smallest absolute Gasteiger partial charge is 0.156 e. The van der Waals surface area contributed by atoms with Gasteiger partial charge in [-0.05, 0) is 30.5 Å². The highest BCUT2D eigenvalue weighted by Crippen LogP contribution is 2.34. The second-order valence-electron chi connectivity index (χ2n) is 8.29. The second-order valence-corrected chi connectivity index (χ2v) is 8.29. The number of piperidine rings is 1. The van der Waals surface area contributed by atoms with Gasteiger partial charge >= 0.3 is 0 Å². The highest BCUT2D eigenvalue weighted by molar-refractivity contribution is 5.82. The van der Waals surface area contributed by atoms with Crippen LogP contribution in [0, 0.1) is 11.6 Å². The van der Waals surface area contributed by atoms with Crippen molar-refractivity contribution in [3.63, 3.8) is 0 Å². The third kappa shape index (κ3) is 3.91. The molecule has 0 amide bonds. The lowest BCUT2D eigenvalue weighted by molar-refractivity contribution is 0.0157. The van der Waals surface area contributed by atoms with E-state index in [1.807, 2.05) is 19.3 Å². The van der Waals surface area contributed by atoms with E-state index in [-0.39, 0.29) is 6.42 Å². The Balaban J connectivity index is 1.43. The largest absolute Gasteiger partial charge is 0.389 e. The van der Waals surface area contributed by atoms with Crippen LogP contribution in [0.5, 0.6) is 0 Å². The summed E-state index contributed by atoms with van der Waals surface area (Å²) in [7, 11) is 1.84. The molecule has 32 heavy (non-hydrogen) atoms. The van der Waals surface area contributed by atoms with Crippen LogP contribution in [0.2, 0.25) is 0 Å². The molecule has 0 atom stereocenters. The van der Waals surface area contributed by atoms with Gasteiger partial charge < -0.3 is 10.0 Å². The van der Waals surface area contributed by atoms with Gasteiger partial charge in [0.1, 0.15) is 22.8 Å². The van der Waals surface area contributed by atoms with E-state index >= 15 is 0 Å². The van der Waals surface area contributed by atoms with Gasteiger partial charge in [0.15, 0.2) is 5.82 Å². The molecule has 1 aliphatic rings. The van der Waals surface area contributed by atoms with E-state index in [1.54, 1.807) is 23.3 Å². The number of aryl methyl sites for hydroxylation is 1. The molecule has 5 rings (SSSR count). The van der Waals surface area contributed by atoms with E-state index in [9.17, 15) is 13.9 Å². The van der Waals surface area contributed by atoms with E-state index in [0.29, 0.717) is 48.5 Å². The van der Waals surface area contributed by atoms with Crippen LogP contribution in [-0.2, 0) is 13.5 Å². The van der Waals surface area contributed by atoms with E-state index in [1.165, 1.54) is 12.1 Å². The SMILES string of the molecule is Cn1cc(-c2nc3cnccc3nc2N2CCC(O)(Cc3ccc(F)cc3F)CC2)cn1. The maximum Gasteiger partial charge on any atom is 0.156 e. The zero-order valence-electron chi connectivity index (χ0n) is 17.5. The number of anilines is 1. The average Bonchev–Trinajstić information content (AvgIpc) is 3.21. The van der Waals surface area contributed by atoms with Gasteiger partial charge in [0.05, 0.1) is 23.5 Å². The van der Waals surface area contributed by atoms with Gasteiger partial charge in [-0.25, -0.2) is 18.7 Å². The number of hydrogen-bond donors (Lipinski definition) is 1. The van der Waals surface area contributed by atoms with Crippen LogP contribution < -0.4 is 4.90 Å². The van der Waals surface area contributed by atoms with Gasteiger partial charge in [0.25, 0.3) is 0 Å². The summed E-state index contributed by atoms with van der Waals surface area (Å²) in [5.41, 5.74) is 2.21. The Labute approximate surface area is 183 Å². The number of nitrogens with zero attached hydrogens (tertiary/aromatic N) is 6. The number of aliphatic hydroxyl groups is 1. The summed E-state index contributed by atoms with van der Waals surface area (Å²) in [5, 5.41) is 15.4. The fourth-order valence-corrected chi connectivity index (χ4v) is 4.19. The van der Waals surface area contributed by atoms with Crippen molar-refractivity contribution >= 4 is 16.9 Å².